The molecular weight excluding hydrogens is 376 g/mol. The van der Waals surface area contributed by atoms with Gasteiger partial charge in [0.15, 0.2) is 0 Å². The molecule has 0 heterocycles. The SMILES string of the molecule is COc1ccc(C(C)C)cc1-c1cc(C(=N)NCCc2ccccc2)c(O)cc1O. The average molecular weight is 405 g/mol. The summed E-state index contributed by atoms with van der Waals surface area (Å²) in [4.78, 5) is 0. The molecule has 30 heavy (non-hydrogen) atoms. The third-order valence-corrected chi connectivity index (χ3v) is 5.12. The number of amidine groups is 1. The Morgan fingerprint density at radius 2 is 1.70 bits per heavy atom. The fourth-order valence-electron chi connectivity index (χ4n) is 3.36. The summed E-state index contributed by atoms with van der Waals surface area (Å²) in [6, 6.07) is 18.8. The Kier molecular flexibility index (Phi) is 6.62. The molecule has 0 spiro atoms. The number of nitrogens with one attached hydrogen (secondary N) is 2. The second-order valence-electron chi connectivity index (χ2n) is 7.54. The van der Waals surface area contributed by atoms with Gasteiger partial charge in [0.2, 0.25) is 0 Å². The molecule has 0 unspecified atom stereocenters. The van der Waals surface area contributed by atoms with Gasteiger partial charge in [-0.15, -0.1) is 0 Å². The lowest BCUT2D eigenvalue weighted by molar-refractivity contribution is 0.415. The average Bonchev–Trinajstić information content (AvgIpc) is 2.74. The van der Waals surface area contributed by atoms with Crippen molar-refractivity contribution in [1.29, 1.82) is 5.41 Å². The van der Waals surface area contributed by atoms with E-state index in [-0.39, 0.29) is 17.3 Å². The molecule has 0 amide bonds. The second kappa shape index (κ2) is 9.35. The lowest BCUT2D eigenvalue weighted by Gasteiger charge is -2.16. The summed E-state index contributed by atoms with van der Waals surface area (Å²) in [6.45, 7) is 4.75. The van der Waals surface area contributed by atoms with Crippen molar-refractivity contribution in [3.63, 3.8) is 0 Å². The molecule has 3 aromatic rings. The molecule has 0 aliphatic carbocycles. The molecule has 0 aliphatic rings. The second-order valence-corrected chi connectivity index (χ2v) is 7.54. The summed E-state index contributed by atoms with van der Waals surface area (Å²) in [5.74, 6) is 0.824. The minimum Gasteiger partial charge on any atom is -0.507 e. The van der Waals surface area contributed by atoms with E-state index in [4.69, 9.17) is 10.1 Å². The molecule has 0 aliphatic heterocycles. The van der Waals surface area contributed by atoms with Gasteiger partial charge in [0.25, 0.3) is 0 Å². The highest BCUT2D eigenvalue weighted by atomic mass is 16.5. The van der Waals surface area contributed by atoms with Crippen molar-refractivity contribution in [2.45, 2.75) is 26.2 Å². The number of methoxy groups -OCH3 is 1. The maximum Gasteiger partial charge on any atom is 0.130 e. The quantitative estimate of drug-likeness (QED) is 0.328. The lowest BCUT2D eigenvalue weighted by Crippen LogP contribution is -2.25. The zero-order chi connectivity index (χ0) is 21.7. The molecule has 4 N–H and O–H groups in total. The molecule has 0 bridgehead atoms. The van der Waals surface area contributed by atoms with Gasteiger partial charge in [-0.05, 0) is 41.7 Å². The van der Waals surface area contributed by atoms with Gasteiger partial charge in [0.05, 0.1) is 12.7 Å². The molecule has 5 nitrogen and oxygen atoms in total. The predicted octanol–water partition coefficient (Wildman–Crippen LogP) is 5.05. The van der Waals surface area contributed by atoms with Crippen molar-refractivity contribution in [1.82, 2.24) is 5.32 Å². The van der Waals surface area contributed by atoms with Gasteiger partial charge in [-0.3, -0.25) is 5.41 Å². The highest BCUT2D eigenvalue weighted by Gasteiger charge is 2.17. The van der Waals surface area contributed by atoms with Crippen molar-refractivity contribution in [2.24, 2.45) is 0 Å². The predicted molar refractivity (Wildman–Crippen MR) is 121 cm³/mol. The number of benzene rings is 3. The highest BCUT2D eigenvalue weighted by molar-refractivity contribution is 6.00. The van der Waals surface area contributed by atoms with E-state index in [2.05, 4.69) is 19.2 Å². The zero-order valence-corrected chi connectivity index (χ0v) is 17.6. The Bertz CT molecular complexity index is 1030. The Morgan fingerprint density at radius 3 is 2.37 bits per heavy atom. The number of phenolic OH excluding ortho intramolecular Hbond substituents is 2. The standard InChI is InChI=1S/C25H28N2O3/c1-16(2)18-9-10-24(30-3)20(13-18)19-14-21(23(29)15-22(19)28)25(26)27-12-11-17-7-5-4-6-8-17/h4-10,13-16,28-29H,11-12H2,1-3H3,(H2,26,27). The van der Waals surface area contributed by atoms with Crippen LogP contribution in [0.4, 0.5) is 0 Å². The van der Waals surface area contributed by atoms with E-state index in [9.17, 15) is 10.2 Å². The molecule has 3 rings (SSSR count). The zero-order valence-electron chi connectivity index (χ0n) is 17.6. The molecule has 3 aromatic carbocycles. The fraction of sp³-hybridized carbons (Fsp3) is 0.240. The van der Waals surface area contributed by atoms with Crippen LogP contribution < -0.4 is 10.1 Å². The van der Waals surface area contributed by atoms with Crippen LogP contribution in [0.2, 0.25) is 0 Å². The van der Waals surface area contributed by atoms with Gasteiger partial charge in [-0.1, -0.05) is 50.2 Å². The van der Waals surface area contributed by atoms with Crippen molar-refractivity contribution < 1.29 is 14.9 Å². The maximum atomic E-state index is 10.5. The molecule has 0 saturated carbocycles. The normalized spacial score (nSPS) is 10.8. The first-order valence-electron chi connectivity index (χ1n) is 10.0. The van der Waals surface area contributed by atoms with E-state index in [0.29, 0.717) is 29.3 Å². The topological polar surface area (TPSA) is 85.6 Å². The summed E-state index contributed by atoms with van der Waals surface area (Å²) in [5.41, 5.74) is 3.84. The fourth-order valence-corrected chi connectivity index (χ4v) is 3.36. The van der Waals surface area contributed by atoms with Gasteiger partial charge in [0.1, 0.15) is 23.1 Å². The van der Waals surface area contributed by atoms with Gasteiger partial charge in [-0.2, -0.15) is 0 Å². The summed E-state index contributed by atoms with van der Waals surface area (Å²) in [5, 5.41) is 32.3. The maximum absolute atomic E-state index is 10.5. The number of rotatable bonds is 7. The highest BCUT2D eigenvalue weighted by Crippen LogP contribution is 2.40. The van der Waals surface area contributed by atoms with E-state index in [0.717, 1.165) is 17.5 Å². The minimum absolute atomic E-state index is 0.0625. The monoisotopic (exact) mass is 404 g/mol. The Morgan fingerprint density at radius 1 is 0.967 bits per heavy atom. The molecule has 5 heteroatoms. The Labute approximate surface area is 177 Å². The molecule has 0 fully saturated rings. The third-order valence-electron chi connectivity index (χ3n) is 5.12. The van der Waals surface area contributed by atoms with Crippen LogP contribution in [0.15, 0.2) is 60.7 Å². The van der Waals surface area contributed by atoms with E-state index >= 15 is 0 Å². The van der Waals surface area contributed by atoms with E-state index in [1.54, 1.807) is 13.2 Å². The summed E-state index contributed by atoms with van der Waals surface area (Å²) in [7, 11) is 1.58. The van der Waals surface area contributed by atoms with Gasteiger partial charge in [-0.25, -0.2) is 0 Å². The van der Waals surface area contributed by atoms with Gasteiger partial charge in [0, 0.05) is 23.7 Å². The van der Waals surface area contributed by atoms with Gasteiger partial charge < -0.3 is 20.3 Å². The Balaban J connectivity index is 1.89. The van der Waals surface area contributed by atoms with Gasteiger partial charge >= 0.3 is 0 Å². The first-order chi connectivity index (χ1) is 14.4. The molecule has 0 aromatic heterocycles. The van der Waals surface area contributed by atoms with E-state index < -0.39 is 0 Å². The molecular formula is C25H28N2O3. The van der Waals surface area contributed by atoms with E-state index in [1.807, 2.05) is 48.5 Å². The van der Waals surface area contributed by atoms with Crippen molar-refractivity contribution in [2.75, 3.05) is 13.7 Å². The Hall–Kier alpha value is -3.47. The number of hydrogen-bond donors (Lipinski definition) is 4. The van der Waals surface area contributed by atoms with Crippen LogP contribution >= 0.6 is 0 Å². The van der Waals surface area contributed by atoms with Crippen molar-refractivity contribution in [3.05, 3.63) is 77.4 Å². The summed E-state index contributed by atoms with van der Waals surface area (Å²) in [6.07, 6.45) is 0.763. The van der Waals surface area contributed by atoms with Crippen LogP contribution in [0.3, 0.4) is 0 Å². The van der Waals surface area contributed by atoms with Crippen LogP contribution in [-0.2, 0) is 6.42 Å². The van der Waals surface area contributed by atoms with Crippen LogP contribution in [-0.4, -0.2) is 29.7 Å². The first-order valence-corrected chi connectivity index (χ1v) is 10.0. The number of aromatic hydroxyl groups is 2. The third kappa shape index (κ3) is 4.74. The van der Waals surface area contributed by atoms with Crippen LogP contribution in [0.5, 0.6) is 17.2 Å². The molecule has 0 saturated heterocycles. The number of ether oxygens (including phenoxy) is 1. The van der Waals surface area contributed by atoms with Crippen LogP contribution in [0.25, 0.3) is 11.1 Å². The minimum atomic E-state index is -0.146. The van der Waals surface area contributed by atoms with Crippen LogP contribution in [0, 0.1) is 5.41 Å². The summed E-state index contributed by atoms with van der Waals surface area (Å²) >= 11 is 0. The number of phenols is 2. The largest absolute Gasteiger partial charge is 0.507 e. The first kappa shape index (κ1) is 21.2. The number of hydrogen-bond acceptors (Lipinski definition) is 4. The summed E-state index contributed by atoms with van der Waals surface area (Å²) < 4.78 is 5.49. The molecule has 0 radical (unpaired) electrons. The van der Waals surface area contributed by atoms with Crippen LogP contribution in [0.1, 0.15) is 36.5 Å². The molecule has 0 atom stereocenters. The lowest BCUT2D eigenvalue weighted by atomic mass is 9.94. The van der Waals surface area contributed by atoms with E-state index in [1.165, 1.54) is 11.6 Å². The smallest absolute Gasteiger partial charge is 0.130 e. The molecule has 156 valence electrons. The van der Waals surface area contributed by atoms with Crippen molar-refractivity contribution in [3.8, 4) is 28.4 Å². The van der Waals surface area contributed by atoms with Crippen molar-refractivity contribution >= 4 is 5.84 Å².